The van der Waals surface area contributed by atoms with Gasteiger partial charge in [0, 0.05) is 0 Å². The van der Waals surface area contributed by atoms with Gasteiger partial charge < -0.3 is 10.4 Å². The number of hydrogen-bond donors (Lipinski definition) is 2. The average molecular weight is 322 g/mol. The number of carbonyl (C=O) groups excluding carboxylic acids is 1. The topological polar surface area (TPSA) is 66.4 Å². The van der Waals surface area contributed by atoms with Gasteiger partial charge in [0.25, 0.3) is 5.91 Å². The highest BCUT2D eigenvalue weighted by Crippen LogP contribution is 2.22. The van der Waals surface area contributed by atoms with Crippen LogP contribution >= 0.6 is 11.6 Å². The summed E-state index contributed by atoms with van der Waals surface area (Å²) in [4.78, 5) is 23.2. The van der Waals surface area contributed by atoms with E-state index in [4.69, 9.17) is 16.7 Å². The molecule has 1 amide bonds. The fourth-order valence-corrected chi connectivity index (χ4v) is 2.31. The SMILES string of the molecule is O=C(O)C[C@@H](NC(=O)c1c(F)cccc1Cl)c1ccccc1. The number of amides is 1. The van der Waals surface area contributed by atoms with Crippen molar-refractivity contribution in [2.75, 3.05) is 0 Å². The smallest absolute Gasteiger partial charge is 0.305 e. The normalized spacial score (nSPS) is 11.7. The molecule has 0 radical (unpaired) electrons. The quantitative estimate of drug-likeness (QED) is 0.886. The second-order valence-corrected chi connectivity index (χ2v) is 5.04. The van der Waals surface area contributed by atoms with Gasteiger partial charge in [0.05, 0.1) is 23.0 Å². The maximum Gasteiger partial charge on any atom is 0.305 e. The first-order valence-corrected chi connectivity index (χ1v) is 6.88. The van der Waals surface area contributed by atoms with Crippen LogP contribution in [0.25, 0.3) is 0 Å². The first kappa shape index (κ1) is 16.0. The van der Waals surface area contributed by atoms with Crippen LogP contribution in [0.15, 0.2) is 48.5 Å². The van der Waals surface area contributed by atoms with Crippen LogP contribution in [-0.4, -0.2) is 17.0 Å². The standard InChI is InChI=1S/C16H13ClFNO3/c17-11-7-4-8-12(18)15(11)16(22)19-13(9-14(20)21)10-5-2-1-3-6-10/h1-8,13H,9H2,(H,19,22)(H,20,21)/t13-/m1/s1. The van der Waals surface area contributed by atoms with Gasteiger partial charge in [0.15, 0.2) is 0 Å². The highest BCUT2D eigenvalue weighted by atomic mass is 35.5. The van der Waals surface area contributed by atoms with Crippen molar-refractivity contribution < 1.29 is 19.1 Å². The van der Waals surface area contributed by atoms with Gasteiger partial charge in [-0.15, -0.1) is 0 Å². The van der Waals surface area contributed by atoms with Gasteiger partial charge in [-0.3, -0.25) is 9.59 Å². The number of nitrogens with one attached hydrogen (secondary N) is 1. The van der Waals surface area contributed by atoms with Gasteiger partial charge in [-0.05, 0) is 17.7 Å². The largest absolute Gasteiger partial charge is 0.481 e. The molecule has 22 heavy (non-hydrogen) atoms. The molecule has 2 aromatic rings. The lowest BCUT2D eigenvalue weighted by Gasteiger charge is -2.18. The van der Waals surface area contributed by atoms with E-state index in [1.165, 1.54) is 12.1 Å². The number of aliphatic carboxylic acids is 1. The minimum atomic E-state index is -1.08. The Kier molecular flexibility index (Phi) is 5.12. The highest BCUT2D eigenvalue weighted by molar-refractivity contribution is 6.33. The molecule has 114 valence electrons. The van der Waals surface area contributed by atoms with Crippen molar-refractivity contribution in [1.29, 1.82) is 0 Å². The number of halogens is 2. The first-order valence-electron chi connectivity index (χ1n) is 6.50. The third-order valence-electron chi connectivity index (χ3n) is 3.08. The fraction of sp³-hybridized carbons (Fsp3) is 0.125. The molecule has 1 atom stereocenters. The molecule has 0 spiro atoms. The molecule has 0 bridgehead atoms. The van der Waals surface area contributed by atoms with Crippen LogP contribution in [0.1, 0.15) is 28.4 Å². The van der Waals surface area contributed by atoms with Crippen molar-refractivity contribution in [3.63, 3.8) is 0 Å². The Morgan fingerprint density at radius 3 is 2.41 bits per heavy atom. The predicted molar refractivity (Wildman–Crippen MR) is 80.3 cm³/mol. The Balaban J connectivity index is 2.27. The fourth-order valence-electron chi connectivity index (χ4n) is 2.06. The number of carboxylic acids is 1. The predicted octanol–water partition coefficient (Wildman–Crippen LogP) is 3.42. The van der Waals surface area contributed by atoms with Crippen LogP contribution in [0.4, 0.5) is 4.39 Å². The summed E-state index contributed by atoms with van der Waals surface area (Å²) < 4.78 is 13.8. The van der Waals surface area contributed by atoms with E-state index in [2.05, 4.69) is 5.32 Å². The van der Waals surface area contributed by atoms with Crippen molar-refractivity contribution >= 4 is 23.5 Å². The van der Waals surface area contributed by atoms with Gasteiger partial charge >= 0.3 is 5.97 Å². The van der Waals surface area contributed by atoms with Crippen molar-refractivity contribution in [3.05, 3.63) is 70.5 Å². The molecule has 0 heterocycles. The number of rotatable bonds is 5. The minimum absolute atomic E-state index is 0.0281. The van der Waals surface area contributed by atoms with E-state index in [1.54, 1.807) is 30.3 Å². The van der Waals surface area contributed by atoms with Gasteiger partial charge in [0.1, 0.15) is 5.82 Å². The van der Waals surface area contributed by atoms with E-state index in [0.717, 1.165) is 6.07 Å². The molecule has 0 aliphatic rings. The van der Waals surface area contributed by atoms with Crippen LogP contribution in [-0.2, 0) is 4.79 Å². The lowest BCUT2D eigenvalue weighted by molar-refractivity contribution is -0.137. The Hall–Kier alpha value is -2.40. The van der Waals surface area contributed by atoms with Crippen molar-refractivity contribution in [2.24, 2.45) is 0 Å². The third-order valence-corrected chi connectivity index (χ3v) is 3.39. The summed E-state index contributed by atoms with van der Waals surface area (Å²) in [5.41, 5.74) is 0.321. The van der Waals surface area contributed by atoms with Crippen LogP contribution in [0.5, 0.6) is 0 Å². The second-order valence-electron chi connectivity index (χ2n) is 4.63. The summed E-state index contributed by atoms with van der Waals surface area (Å²) >= 11 is 5.84. The van der Waals surface area contributed by atoms with Crippen molar-refractivity contribution in [3.8, 4) is 0 Å². The van der Waals surface area contributed by atoms with E-state index in [0.29, 0.717) is 5.56 Å². The van der Waals surface area contributed by atoms with E-state index in [1.807, 2.05) is 0 Å². The molecular formula is C16H13ClFNO3. The van der Waals surface area contributed by atoms with Crippen LogP contribution in [0.2, 0.25) is 5.02 Å². The maximum atomic E-state index is 13.8. The van der Waals surface area contributed by atoms with E-state index in [9.17, 15) is 14.0 Å². The zero-order valence-corrected chi connectivity index (χ0v) is 12.2. The lowest BCUT2D eigenvalue weighted by Crippen LogP contribution is -2.31. The molecule has 0 unspecified atom stereocenters. The summed E-state index contributed by atoms with van der Waals surface area (Å²) in [6.07, 6.45) is -0.318. The summed E-state index contributed by atoms with van der Waals surface area (Å²) in [5, 5.41) is 11.5. The lowest BCUT2D eigenvalue weighted by atomic mass is 10.0. The monoisotopic (exact) mass is 321 g/mol. The van der Waals surface area contributed by atoms with E-state index < -0.39 is 23.7 Å². The zero-order chi connectivity index (χ0) is 16.1. The van der Waals surface area contributed by atoms with Crippen molar-refractivity contribution in [2.45, 2.75) is 12.5 Å². The summed E-state index contributed by atoms with van der Waals surface area (Å²) in [7, 11) is 0. The first-order chi connectivity index (χ1) is 10.5. The Morgan fingerprint density at radius 1 is 1.14 bits per heavy atom. The molecule has 0 saturated carbocycles. The van der Waals surface area contributed by atoms with Gasteiger partial charge in [0.2, 0.25) is 0 Å². The van der Waals surface area contributed by atoms with Gasteiger partial charge in [-0.1, -0.05) is 48.0 Å². The van der Waals surface area contributed by atoms with E-state index in [-0.39, 0.29) is 17.0 Å². The molecule has 2 aromatic carbocycles. The molecule has 0 fully saturated rings. The number of carboxylic acid groups (broad SMARTS) is 1. The molecule has 2 N–H and O–H groups in total. The third kappa shape index (κ3) is 3.83. The molecule has 0 saturated heterocycles. The zero-order valence-electron chi connectivity index (χ0n) is 11.4. The highest BCUT2D eigenvalue weighted by Gasteiger charge is 2.22. The van der Waals surface area contributed by atoms with Crippen LogP contribution < -0.4 is 5.32 Å². The van der Waals surface area contributed by atoms with Gasteiger partial charge in [-0.25, -0.2) is 4.39 Å². The van der Waals surface area contributed by atoms with E-state index >= 15 is 0 Å². The molecule has 4 nitrogen and oxygen atoms in total. The Morgan fingerprint density at radius 2 is 1.82 bits per heavy atom. The Bertz CT molecular complexity index is 671. The number of benzene rings is 2. The van der Waals surface area contributed by atoms with Gasteiger partial charge in [-0.2, -0.15) is 0 Å². The molecule has 6 heteroatoms. The average Bonchev–Trinajstić information content (AvgIpc) is 2.47. The molecular weight excluding hydrogens is 309 g/mol. The number of carbonyl (C=O) groups is 2. The molecule has 0 aromatic heterocycles. The Labute approximate surface area is 131 Å². The summed E-state index contributed by atoms with van der Waals surface area (Å²) in [5.74, 6) is -2.58. The maximum absolute atomic E-state index is 13.8. The van der Waals surface area contributed by atoms with Crippen LogP contribution in [0, 0.1) is 5.82 Å². The summed E-state index contributed by atoms with van der Waals surface area (Å²) in [6.45, 7) is 0. The molecule has 0 aliphatic carbocycles. The number of hydrogen-bond acceptors (Lipinski definition) is 2. The summed E-state index contributed by atoms with van der Waals surface area (Å²) in [6, 6.07) is 11.7. The van der Waals surface area contributed by atoms with Crippen molar-refractivity contribution in [1.82, 2.24) is 5.32 Å². The van der Waals surface area contributed by atoms with Crippen LogP contribution in [0.3, 0.4) is 0 Å². The molecule has 0 aliphatic heterocycles. The second kappa shape index (κ2) is 7.04. The minimum Gasteiger partial charge on any atom is -0.481 e. The molecule has 2 rings (SSSR count).